The number of nitrogens with one attached hydrogen (secondary N) is 1. The van der Waals surface area contributed by atoms with Gasteiger partial charge in [-0.1, -0.05) is 30.3 Å². The third kappa shape index (κ3) is 3.48. The number of aromatic nitrogens is 2. The average molecular weight is 365 g/mol. The Labute approximate surface area is 155 Å². The zero-order valence-electron chi connectivity index (χ0n) is 14.8. The van der Waals surface area contributed by atoms with Gasteiger partial charge in [0.25, 0.3) is 5.91 Å². The van der Waals surface area contributed by atoms with Crippen molar-refractivity contribution in [1.82, 2.24) is 15.1 Å². The number of carbonyl (C=O) groups is 2. The quantitative estimate of drug-likeness (QED) is 0.726. The Hall–Kier alpha value is -3.35. The topological polar surface area (TPSA) is 82.4 Å². The van der Waals surface area contributed by atoms with Crippen LogP contribution < -0.4 is 10.1 Å². The summed E-state index contributed by atoms with van der Waals surface area (Å²) in [5.41, 5.74) is 0.794. The molecule has 1 aliphatic heterocycles. The fourth-order valence-electron chi connectivity index (χ4n) is 3.16. The number of imide groups is 1. The van der Waals surface area contributed by atoms with Gasteiger partial charge in [0.15, 0.2) is 5.60 Å². The van der Waals surface area contributed by atoms with Crippen molar-refractivity contribution in [1.29, 1.82) is 0 Å². The number of hydrogen-bond donors (Lipinski definition) is 1. The van der Waals surface area contributed by atoms with E-state index < -0.39 is 17.6 Å². The maximum atomic E-state index is 11.8. The third-order valence-electron chi connectivity index (χ3n) is 4.60. The Morgan fingerprint density at radius 3 is 2.67 bits per heavy atom. The maximum absolute atomic E-state index is 11.8. The number of alkyl carbamates (subject to hydrolysis) is 1. The van der Waals surface area contributed by atoms with E-state index in [2.05, 4.69) is 10.4 Å². The molecule has 0 spiro atoms. The van der Waals surface area contributed by atoms with Crippen LogP contribution in [0.2, 0.25) is 0 Å². The van der Waals surface area contributed by atoms with Crippen LogP contribution in [-0.2, 0) is 22.5 Å². The molecule has 1 aliphatic rings. The van der Waals surface area contributed by atoms with E-state index in [0.29, 0.717) is 19.6 Å². The van der Waals surface area contributed by atoms with Gasteiger partial charge in [0.05, 0.1) is 18.3 Å². The van der Waals surface area contributed by atoms with Crippen molar-refractivity contribution in [2.24, 2.45) is 0 Å². The molecule has 7 nitrogen and oxygen atoms in total. The van der Waals surface area contributed by atoms with E-state index in [4.69, 9.17) is 9.47 Å². The van der Waals surface area contributed by atoms with Crippen LogP contribution in [0.15, 0.2) is 54.7 Å². The third-order valence-corrected chi connectivity index (χ3v) is 4.60. The van der Waals surface area contributed by atoms with E-state index in [1.165, 1.54) is 0 Å². The minimum atomic E-state index is -1.17. The molecule has 2 amide bonds. The van der Waals surface area contributed by atoms with Gasteiger partial charge in [-0.05, 0) is 30.7 Å². The molecule has 7 heteroatoms. The number of carbonyl (C=O) groups excluding carboxylic acids is 2. The van der Waals surface area contributed by atoms with Gasteiger partial charge in [0.1, 0.15) is 12.4 Å². The van der Waals surface area contributed by atoms with Crippen LogP contribution in [0.4, 0.5) is 4.79 Å². The molecule has 4 rings (SSSR count). The normalized spacial score (nSPS) is 19.1. The second kappa shape index (κ2) is 6.75. The largest absolute Gasteiger partial charge is 0.492 e. The molecule has 3 aromatic rings. The summed E-state index contributed by atoms with van der Waals surface area (Å²) < 4.78 is 12.8. The van der Waals surface area contributed by atoms with Gasteiger partial charge in [-0.3, -0.25) is 14.8 Å². The fourth-order valence-corrected chi connectivity index (χ4v) is 3.16. The highest BCUT2D eigenvalue weighted by Crippen LogP contribution is 2.24. The van der Waals surface area contributed by atoms with Crippen molar-refractivity contribution in [3.05, 3.63) is 60.3 Å². The van der Waals surface area contributed by atoms with E-state index in [0.717, 1.165) is 22.2 Å². The second-order valence-electron chi connectivity index (χ2n) is 6.67. The van der Waals surface area contributed by atoms with Crippen LogP contribution >= 0.6 is 0 Å². The standard InChI is InChI=1S/C20H19N3O4/c1-20(18(24)22-19(25)27-20)12-14-6-8-16(9-7-14)26-11-10-23-17-5-3-2-4-15(17)13-21-23/h2-9,13H,10-12H2,1H3,(H,22,24,25). The molecule has 1 N–H and O–H groups in total. The highest BCUT2D eigenvalue weighted by Gasteiger charge is 2.44. The molecule has 2 heterocycles. The molecule has 0 aliphatic carbocycles. The van der Waals surface area contributed by atoms with Crippen LogP contribution in [0, 0.1) is 0 Å². The number of benzene rings is 2. The molecule has 138 valence electrons. The summed E-state index contributed by atoms with van der Waals surface area (Å²) in [5.74, 6) is 0.313. The SMILES string of the molecule is CC1(Cc2ccc(OCCn3ncc4ccccc43)cc2)OC(=O)NC1=O. The van der Waals surface area contributed by atoms with Crippen LogP contribution in [0.1, 0.15) is 12.5 Å². The van der Waals surface area contributed by atoms with E-state index >= 15 is 0 Å². The lowest BCUT2D eigenvalue weighted by Crippen LogP contribution is -2.38. The number of hydrogen-bond acceptors (Lipinski definition) is 5. The molecule has 27 heavy (non-hydrogen) atoms. The van der Waals surface area contributed by atoms with Crippen molar-refractivity contribution in [3.8, 4) is 5.75 Å². The summed E-state index contributed by atoms with van der Waals surface area (Å²) in [6.45, 7) is 2.73. The minimum absolute atomic E-state index is 0.310. The van der Waals surface area contributed by atoms with Crippen LogP contribution in [0.25, 0.3) is 10.9 Å². The monoisotopic (exact) mass is 365 g/mol. The van der Waals surface area contributed by atoms with Crippen molar-refractivity contribution >= 4 is 22.9 Å². The van der Waals surface area contributed by atoms with Crippen LogP contribution in [0.3, 0.4) is 0 Å². The molecule has 1 aromatic heterocycles. The maximum Gasteiger partial charge on any atom is 0.415 e. The number of rotatable bonds is 6. The number of nitrogens with zero attached hydrogens (tertiary/aromatic N) is 2. The van der Waals surface area contributed by atoms with Gasteiger partial charge in [0.2, 0.25) is 0 Å². The Morgan fingerprint density at radius 2 is 1.93 bits per heavy atom. The number of cyclic esters (lactones) is 1. The van der Waals surface area contributed by atoms with Crippen molar-refractivity contribution < 1.29 is 19.1 Å². The number of ether oxygens (including phenoxy) is 2. The predicted octanol–water partition coefficient (Wildman–Crippen LogP) is 2.68. The van der Waals surface area contributed by atoms with Crippen LogP contribution in [-0.4, -0.2) is 34.0 Å². The molecule has 1 fully saturated rings. The Balaban J connectivity index is 1.34. The fraction of sp³-hybridized carbons (Fsp3) is 0.250. The first-order valence-electron chi connectivity index (χ1n) is 8.70. The summed E-state index contributed by atoms with van der Waals surface area (Å²) in [6.07, 6.45) is 1.45. The van der Waals surface area contributed by atoms with E-state index in [1.54, 1.807) is 6.92 Å². The first-order valence-corrected chi connectivity index (χ1v) is 8.70. The van der Waals surface area contributed by atoms with Gasteiger partial charge < -0.3 is 9.47 Å². The van der Waals surface area contributed by atoms with Crippen molar-refractivity contribution in [2.75, 3.05) is 6.61 Å². The molecular weight excluding hydrogens is 346 g/mol. The van der Waals surface area contributed by atoms with Crippen molar-refractivity contribution in [3.63, 3.8) is 0 Å². The van der Waals surface area contributed by atoms with Gasteiger partial charge in [0, 0.05) is 11.8 Å². The average Bonchev–Trinajstić information content (AvgIpc) is 3.17. The molecule has 1 atom stereocenters. The highest BCUT2D eigenvalue weighted by molar-refractivity contribution is 6.02. The van der Waals surface area contributed by atoms with Gasteiger partial charge >= 0.3 is 6.09 Å². The lowest BCUT2D eigenvalue weighted by molar-refractivity contribution is -0.129. The first kappa shape index (κ1) is 17.1. The highest BCUT2D eigenvalue weighted by atomic mass is 16.6. The van der Waals surface area contributed by atoms with Gasteiger partial charge in [-0.25, -0.2) is 4.79 Å². The predicted molar refractivity (Wildman–Crippen MR) is 98.4 cm³/mol. The van der Waals surface area contributed by atoms with Crippen molar-refractivity contribution in [2.45, 2.75) is 25.5 Å². The minimum Gasteiger partial charge on any atom is -0.492 e. The number of fused-ring (bicyclic) bond motifs is 1. The van der Waals surface area contributed by atoms with E-state index in [1.807, 2.05) is 59.4 Å². The molecule has 1 saturated heterocycles. The molecule has 2 aromatic carbocycles. The van der Waals surface area contributed by atoms with Gasteiger partial charge in [-0.2, -0.15) is 5.10 Å². The first-order chi connectivity index (χ1) is 13.0. The lowest BCUT2D eigenvalue weighted by Gasteiger charge is -2.19. The zero-order chi connectivity index (χ0) is 18.9. The summed E-state index contributed by atoms with van der Waals surface area (Å²) >= 11 is 0. The van der Waals surface area contributed by atoms with Crippen LogP contribution in [0.5, 0.6) is 5.75 Å². The zero-order valence-corrected chi connectivity index (χ0v) is 14.8. The second-order valence-corrected chi connectivity index (χ2v) is 6.67. The number of para-hydroxylation sites is 1. The summed E-state index contributed by atoms with van der Waals surface area (Å²) in [7, 11) is 0. The van der Waals surface area contributed by atoms with E-state index in [9.17, 15) is 9.59 Å². The Bertz CT molecular complexity index is 996. The lowest BCUT2D eigenvalue weighted by atomic mass is 9.96. The molecular formula is C20H19N3O4. The Morgan fingerprint density at radius 1 is 1.15 bits per heavy atom. The smallest absolute Gasteiger partial charge is 0.415 e. The molecule has 0 bridgehead atoms. The Kier molecular flexibility index (Phi) is 4.27. The molecule has 0 radical (unpaired) electrons. The summed E-state index contributed by atoms with van der Waals surface area (Å²) in [4.78, 5) is 23.1. The van der Waals surface area contributed by atoms with E-state index in [-0.39, 0.29) is 0 Å². The molecule has 1 unspecified atom stereocenters. The number of amides is 2. The summed E-state index contributed by atoms with van der Waals surface area (Å²) in [6, 6.07) is 15.5. The summed E-state index contributed by atoms with van der Waals surface area (Å²) in [5, 5.41) is 7.64. The van der Waals surface area contributed by atoms with Gasteiger partial charge in [-0.15, -0.1) is 0 Å². The molecule has 0 saturated carbocycles.